The van der Waals surface area contributed by atoms with Crippen molar-refractivity contribution < 1.29 is 14.3 Å². The third-order valence-corrected chi connectivity index (χ3v) is 3.73. The third kappa shape index (κ3) is 4.86. The van der Waals surface area contributed by atoms with Crippen LogP contribution < -0.4 is 10.6 Å². The van der Waals surface area contributed by atoms with Gasteiger partial charge in [0.2, 0.25) is 5.91 Å². The molecule has 0 heterocycles. The zero-order valence-electron chi connectivity index (χ0n) is 12.4. The smallest absolute Gasteiger partial charge is 0.337 e. The van der Waals surface area contributed by atoms with E-state index >= 15 is 0 Å². The summed E-state index contributed by atoms with van der Waals surface area (Å²) in [6.45, 7) is 0.705. The summed E-state index contributed by atoms with van der Waals surface area (Å²) in [5.74, 6) is -0.403. The Hall–Kier alpha value is -1.88. The van der Waals surface area contributed by atoms with Crippen molar-refractivity contribution in [3.63, 3.8) is 0 Å². The first-order valence-corrected chi connectivity index (χ1v) is 7.40. The standard InChI is InChI=1S/C16H22N2O3/c1-21-16(20)12-6-8-14(9-7-12)18-15(19)10-11-17-13-4-2-3-5-13/h6-9,13,17H,2-5,10-11H2,1H3,(H,18,19). The first-order valence-electron chi connectivity index (χ1n) is 7.40. The average molecular weight is 290 g/mol. The van der Waals surface area contributed by atoms with Gasteiger partial charge in [0.05, 0.1) is 12.7 Å². The van der Waals surface area contributed by atoms with E-state index in [1.165, 1.54) is 32.8 Å². The second kappa shape index (κ2) is 7.78. The Balaban J connectivity index is 1.72. The molecule has 5 nitrogen and oxygen atoms in total. The number of esters is 1. The minimum atomic E-state index is -0.381. The van der Waals surface area contributed by atoms with Crippen LogP contribution in [0.3, 0.4) is 0 Å². The maximum absolute atomic E-state index is 11.8. The third-order valence-electron chi connectivity index (χ3n) is 3.73. The number of benzene rings is 1. The molecule has 0 bridgehead atoms. The molecule has 5 heteroatoms. The van der Waals surface area contributed by atoms with Gasteiger partial charge in [0.1, 0.15) is 0 Å². The monoisotopic (exact) mass is 290 g/mol. The molecule has 0 atom stereocenters. The topological polar surface area (TPSA) is 67.4 Å². The van der Waals surface area contributed by atoms with Crippen molar-refractivity contribution in [2.45, 2.75) is 38.1 Å². The number of amides is 1. The molecule has 114 valence electrons. The van der Waals surface area contributed by atoms with Crippen LogP contribution in [-0.4, -0.2) is 31.6 Å². The van der Waals surface area contributed by atoms with E-state index in [4.69, 9.17) is 0 Å². The predicted molar refractivity (Wildman–Crippen MR) is 81.3 cm³/mol. The van der Waals surface area contributed by atoms with Crippen molar-refractivity contribution in [1.82, 2.24) is 5.32 Å². The lowest BCUT2D eigenvalue weighted by Gasteiger charge is -2.11. The summed E-state index contributed by atoms with van der Waals surface area (Å²) in [6.07, 6.45) is 5.47. The maximum atomic E-state index is 11.8. The zero-order valence-corrected chi connectivity index (χ0v) is 12.4. The van der Waals surface area contributed by atoms with E-state index in [2.05, 4.69) is 15.4 Å². The molecular formula is C16H22N2O3. The summed E-state index contributed by atoms with van der Waals surface area (Å²) in [5, 5.41) is 6.23. The van der Waals surface area contributed by atoms with Gasteiger partial charge in [-0.2, -0.15) is 0 Å². The molecule has 1 saturated carbocycles. The first kappa shape index (κ1) is 15.5. The summed E-state index contributed by atoms with van der Waals surface area (Å²) in [4.78, 5) is 23.1. The molecule has 0 aliphatic heterocycles. The molecular weight excluding hydrogens is 268 g/mol. The molecule has 0 unspecified atom stereocenters. The Morgan fingerprint density at radius 2 is 1.86 bits per heavy atom. The highest BCUT2D eigenvalue weighted by Crippen LogP contribution is 2.17. The molecule has 1 fully saturated rings. The summed E-state index contributed by atoms with van der Waals surface area (Å²) in [5.41, 5.74) is 1.16. The largest absolute Gasteiger partial charge is 0.465 e. The summed E-state index contributed by atoms with van der Waals surface area (Å²) >= 11 is 0. The van der Waals surface area contributed by atoms with Crippen molar-refractivity contribution in [3.05, 3.63) is 29.8 Å². The van der Waals surface area contributed by atoms with Crippen LogP contribution in [0, 0.1) is 0 Å². The van der Waals surface area contributed by atoms with Crippen LogP contribution in [0.4, 0.5) is 5.69 Å². The molecule has 21 heavy (non-hydrogen) atoms. The fourth-order valence-electron chi connectivity index (χ4n) is 2.55. The average Bonchev–Trinajstić information content (AvgIpc) is 3.00. The zero-order chi connectivity index (χ0) is 15.1. The Morgan fingerprint density at radius 1 is 1.19 bits per heavy atom. The molecule has 1 amide bonds. The Labute approximate surface area is 125 Å². The van der Waals surface area contributed by atoms with E-state index < -0.39 is 0 Å². The van der Waals surface area contributed by atoms with Gasteiger partial charge in [0.15, 0.2) is 0 Å². The van der Waals surface area contributed by atoms with Gasteiger partial charge in [0, 0.05) is 24.7 Å². The number of rotatable bonds is 6. The normalized spacial score (nSPS) is 14.9. The molecule has 0 saturated heterocycles. The number of carbonyl (C=O) groups excluding carboxylic acids is 2. The van der Waals surface area contributed by atoms with Crippen molar-refractivity contribution in [1.29, 1.82) is 0 Å². The van der Waals surface area contributed by atoms with Crippen LogP contribution in [0.25, 0.3) is 0 Å². The van der Waals surface area contributed by atoms with E-state index in [-0.39, 0.29) is 11.9 Å². The van der Waals surface area contributed by atoms with Gasteiger partial charge in [-0.05, 0) is 37.1 Å². The number of carbonyl (C=O) groups is 2. The van der Waals surface area contributed by atoms with Gasteiger partial charge in [0.25, 0.3) is 0 Å². The quantitative estimate of drug-likeness (QED) is 0.789. The minimum absolute atomic E-state index is 0.0219. The molecule has 1 aliphatic carbocycles. The van der Waals surface area contributed by atoms with Crippen LogP contribution in [0.1, 0.15) is 42.5 Å². The minimum Gasteiger partial charge on any atom is -0.465 e. The van der Waals surface area contributed by atoms with Crippen LogP contribution >= 0.6 is 0 Å². The van der Waals surface area contributed by atoms with Crippen LogP contribution in [0.5, 0.6) is 0 Å². The number of methoxy groups -OCH3 is 1. The summed E-state index contributed by atoms with van der Waals surface area (Å²) < 4.78 is 4.62. The van der Waals surface area contributed by atoms with Crippen LogP contribution in [-0.2, 0) is 9.53 Å². The fourth-order valence-corrected chi connectivity index (χ4v) is 2.55. The second-order valence-corrected chi connectivity index (χ2v) is 5.30. The summed E-state index contributed by atoms with van der Waals surface area (Å²) in [7, 11) is 1.34. The molecule has 1 aliphatic rings. The van der Waals surface area contributed by atoms with Crippen LogP contribution in [0.15, 0.2) is 24.3 Å². The van der Waals surface area contributed by atoms with Gasteiger partial charge in [-0.15, -0.1) is 0 Å². The molecule has 2 N–H and O–H groups in total. The summed E-state index contributed by atoms with van der Waals surface area (Å²) in [6, 6.07) is 7.26. The molecule has 2 rings (SSSR count). The SMILES string of the molecule is COC(=O)c1ccc(NC(=O)CCNC2CCCC2)cc1. The van der Waals surface area contributed by atoms with Crippen molar-refractivity contribution in [2.75, 3.05) is 19.0 Å². The van der Waals surface area contributed by atoms with E-state index in [1.807, 2.05) is 0 Å². The number of hydrogen-bond donors (Lipinski definition) is 2. The van der Waals surface area contributed by atoms with Gasteiger partial charge in [-0.3, -0.25) is 4.79 Å². The highest BCUT2D eigenvalue weighted by molar-refractivity contribution is 5.93. The Bertz CT molecular complexity index is 479. The van der Waals surface area contributed by atoms with Gasteiger partial charge in [-0.25, -0.2) is 4.79 Å². The predicted octanol–water partition coefficient (Wildman–Crippen LogP) is 2.33. The number of nitrogens with one attached hydrogen (secondary N) is 2. The lowest BCUT2D eigenvalue weighted by Crippen LogP contribution is -2.29. The highest BCUT2D eigenvalue weighted by Gasteiger charge is 2.14. The van der Waals surface area contributed by atoms with Crippen molar-refractivity contribution in [2.24, 2.45) is 0 Å². The molecule has 1 aromatic rings. The van der Waals surface area contributed by atoms with E-state index in [0.717, 1.165) is 0 Å². The lowest BCUT2D eigenvalue weighted by atomic mass is 10.2. The Morgan fingerprint density at radius 3 is 2.48 bits per heavy atom. The Kier molecular flexibility index (Phi) is 5.75. The maximum Gasteiger partial charge on any atom is 0.337 e. The molecule has 0 radical (unpaired) electrons. The van der Waals surface area contributed by atoms with E-state index in [0.29, 0.717) is 30.3 Å². The van der Waals surface area contributed by atoms with E-state index in [1.54, 1.807) is 24.3 Å². The number of hydrogen-bond acceptors (Lipinski definition) is 4. The number of anilines is 1. The number of ether oxygens (including phenoxy) is 1. The van der Waals surface area contributed by atoms with Crippen molar-refractivity contribution >= 4 is 17.6 Å². The molecule has 1 aromatic carbocycles. The van der Waals surface area contributed by atoms with Gasteiger partial charge < -0.3 is 15.4 Å². The highest BCUT2D eigenvalue weighted by atomic mass is 16.5. The second-order valence-electron chi connectivity index (χ2n) is 5.30. The molecule has 0 spiro atoms. The lowest BCUT2D eigenvalue weighted by molar-refractivity contribution is -0.116. The van der Waals surface area contributed by atoms with Crippen LogP contribution in [0.2, 0.25) is 0 Å². The van der Waals surface area contributed by atoms with Gasteiger partial charge >= 0.3 is 5.97 Å². The van der Waals surface area contributed by atoms with Gasteiger partial charge in [-0.1, -0.05) is 12.8 Å². The first-order chi connectivity index (χ1) is 10.2. The fraction of sp³-hybridized carbons (Fsp3) is 0.500. The van der Waals surface area contributed by atoms with E-state index in [9.17, 15) is 9.59 Å². The van der Waals surface area contributed by atoms with Crippen molar-refractivity contribution in [3.8, 4) is 0 Å². The molecule has 0 aromatic heterocycles.